The van der Waals surface area contributed by atoms with Crippen LogP contribution in [0.4, 0.5) is 5.69 Å². The maximum absolute atomic E-state index is 5.93. The quantitative estimate of drug-likeness (QED) is 0.861. The molecule has 0 aliphatic carbocycles. The van der Waals surface area contributed by atoms with Gasteiger partial charge in [0.1, 0.15) is 0 Å². The van der Waals surface area contributed by atoms with Crippen molar-refractivity contribution in [3.63, 3.8) is 0 Å². The standard InChI is InChI=1S/C14H23N3/c1-16(2)13-7-5-12(6-8-13)14(11-15)17-9-3-4-10-17/h5-8,14H,3-4,9-11,15H2,1-2H3/t14-/m1/s1. The van der Waals surface area contributed by atoms with Crippen molar-refractivity contribution in [2.45, 2.75) is 18.9 Å². The van der Waals surface area contributed by atoms with Gasteiger partial charge in [0.15, 0.2) is 0 Å². The summed E-state index contributed by atoms with van der Waals surface area (Å²) in [6.07, 6.45) is 2.62. The Labute approximate surface area is 104 Å². The van der Waals surface area contributed by atoms with Crippen molar-refractivity contribution in [1.29, 1.82) is 0 Å². The molecule has 17 heavy (non-hydrogen) atoms. The Kier molecular flexibility index (Phi) is 4.02. The Balaban J connectivity index is 2.13. The fourth-order valence-corrected chi connectivity index (χ4v) is 2.54. The molecule has 3 nitrogen and oxygen atoms in total. The summed E-state index contributed by atoms with van der Waals surface area (Å²) < 4.78 is 0. The number of rotatable bonds is 4. The predicted octanol–water partition coefficient (Wildman–Crippen LogP) is 1.85. The molecule has 94 valence electrons. The van der Waals surface area contributed by atoms with E-state index in [-0.39, 0.29) is 0 Å². The lowest BCUT2D eigenvalue weighted by molar-refractivity contribution is 0.251. The fraction of sp³-hybridized carbons (Fsp3) is 0.571. The van der Waals surface area contributed by atoms with Crippen LogP contribution in [-0.2, 0) is 0 Å². The lowest BCUT2D eigenvalue weighted by Gasteiger charge is -2.27. The first-order valence-electron chi connectivity index (χ1n) is 6.44. The summed E-state index contributed by atoms with van der Waals surface area (Å²) >= 11 is 0. The number of nitrogens with two attached hydrogens (primary N) is 1. The summed E-state index contributed by atoms with van der Waals surface area (Å²) in [6, 6.07) is 9.17. The van der Waals surface area contributed by atoms with Gasteiger partial charge in [0.05, 0.1) is 0 Å². The summed E-state index contributed by atoms with van der Waals surface area (Å²) in [5.74, 6) is 0. The minimum Gasteiger partial charge on any atom is -0.378 e. The van der Waals surface area contributed by atoms with Gasteiger partial charge in [0.2, 0.25) is 0 Å². The zero-order valence-corrected chi connectivity index (χ0v) is 10.9. The average Bonchev–Trinajstić information content (AvgIpc) is 2.84. The third-order valence-corrected chi connectivity index (χ3v) is 3.60. The smallest absolute Gasteiger partial charge is 0.0470 e. The van der Waals surface area contributed by atoms with E-state index >= 15 is 0 Å². The first kappa shape index (κ1) is 12.4. The number of benzene rings is 1. The van der Waals surface area contributed by atoms with E-state index in [9.17, 15) is 0 Å². The molecule has 0 bridgehead atoms. The van der Waals surface area contributed by atoms with Gasteiger partial charge < -0.3 is 10.6 Å². The summed E-state index contributed by atoms with van der Waals surface area (Å²) in [6.45, 7) is 3.09. The van der Waals surface area contributed by atoms with Gasteiger partial charge in [-0.2, -0.15) is 0 Å². The minimum atomic E-state index is 0.397. The van der Waals surface area contributed by atoms with E-state index in [2.05, 4.69) is 48.2 Å². The monoisotopic (exact) mass is 233 g/mol. The number of hydrogen-bond donors (Lipinski definition) is 1. The van der Waals surface area contributed by atoms with Gasteiger partial charge in [-0.25, -0.2) is 0 Å². The topological polar surface area (TPSA) is 32.5 Å². The van der Waals surface area contributed by atoms with Crippen molar-refractivity contribution < 1.29 is 0 Å². The van der Waals surface area contributed by atoms with Crippen LogP contribution in [0.2, 0.25) is 0 Å². The number of likely N-dealkylation sites (tertiary alicyclic amines) is 1. The number of anilines is 1. The highest BCUT2D eigenvalue weighted by atomic mass is 15.2. The first-order chi connectivity index (χ1) is 8.22. The lowest BCUT2D eigenvalue weighted by atomic mass is 10.1. The van der Waals surface area contributed by atoms with Crippen molar-refractivity contribution in [2.24, 2.45) is 5.73 Å². The van der Waals surface area contributed by atoms with Crippen LogP contribution in [0.25, 0.3) is 0 Å². The molecule has 1 heterocycles. The maximum atomic E-state index is 5.93. The van der Waals surface area contributed by atoms with Gasteiger partial charge in [0.25, 0.3) is 0 Å². The van der Waals surface area contributed by atoms with Crippen LogP contribution in [0.15, 0.2) is 24.3 Å². The van der Waals surface area contributed by atoms with Gasteiger partial charge in [0, 0.05) is 32.4 Å². The highest BCUT2D eigenvalue weighted by Crippen LogP contribution is 2.25. The molecule has 0 unspecified atom stereocenters. The van der Waals surface area contributed by atoms with Crippen LogP contribution in [0.5, 0.6) is 0 Å². The molecule has 1 aromatic rings. The molecule has 1 aliphatic heterocycles. The van der Waals surface area contributed by atoms with Crippen LogP contribution in [-0.4, -0.2) is 38.6 Å². The molecular weight excluding hydrogens is 210 g/mol. The third-order valence-electron chi connectivity index (χ3n) is 3.60. The number of hydrogen-bond acceptors (Lipinski definition) is 3. The summed E-state index contributed by atoms with van der Waals surface area (Å²) in [4.78, 5) is 4.63. The summed E-state index contributed by atoms with van der Waals surface area (Å²) in [5, 5.41) is 0. The Morgan fingerprint density at radius 1 is 1.18 bits per heavy atom. The molecule has 1 aromatic carbocycles. The highest BCUT2D eigenvalue weighted by molar-refractivity contribution is 5.46. The molecule has 0 spiro atoms. The van der Waals surface area contributed by atoms with Crippen molar-refractivity contribution in [3.05, 3.63) is 29.8 Å². The Hall–Kier alpha value is -1.06. The Morgan fingerprint density at radius 3 is 2.24 bits per heavy atom. The zero-order valence-electron chi connectivity index (χ0n) is 10.9. The third kappa shape index (κ3) is 2.79. The van der Waals surface area contributed by atoms with Gasteiger partial charge >= 0.3 is 0 Å². The summed E-state index contributed by atoms with van der Waals surface area (Å²) in [7, 11) is 4.13. The average molecular weight is 233 g/mol. The van der Waals surface area contributed by atoms with Gasteiger partial charge in [-0.05, 0) is 43.6 Å². The van der Waals surface area contributed by atoms with Crippen LogP contribution < -0.4 is 10.6 Å². The molecule has 2 rings (SSSR count). The second kappa shape index (κ2) is 5.52. The van der Waals surface area contributed by atoms with Crippen molar-refractivity contribution >= 4 is 5.69 Å². The Morgan fingerprint density at radius 2 is 1.76 bits per heavy atom. The molecule has 0 amide bonds. The molecule has 1 saturated heterocycles. The van der Waals surface area contributed by atoms with Crippen LogP contribution in [0.1, 0.15) is 24.4 Å². The van der Waals surface area contributed by atoms with Crippen molar-refractivity contribution in [3.8, 4) is 0 Å². The molecule has 0 saturated carbocycles. The summed E-state index contributed by atoms with van der Waals surface area (Å²) in [5.41, 5.74) is 8.52. The van der Waals surface area contributed by atoms with E-state index in [1.807, 2.05) is 0 Å². The van der Waals surface area contributed by atoms with Gasteiger partial charge in [-0.15, -0.1) is 0 Å². The molecular formula is C14H23N3. The molecule has 1 atom stereocenters. The van der Waals surface area contributed by atoms with E-state index in [4.69, 9.17) is 5.73 Å². The van der Waals surface area contributed by atoms with Crippen molar-refractivity contribution in [1.82, 2.24) is 4.90 Å². The molecule has 1 aliphatic rings. The van der Waals surface area contributed by atoms with E-state index in [1.54, 1.807) is 0 Å². The first-order valence-corrected chi connectivity index (χ1v) is 6.44. The van der Waals surface area contributed by atoms with Crippen LogP contribution in [0.3, 0.4) is 0 Å². The van der Waals surface area contributed by atoms with E-state index < -0.39 is 0 Å². The maximum Gasteiger partial charge on any atom is 0.0470 e. The minimum absolute atomic E-state index is 0.397. The van der Waals surface area contributed by atoms with Gasteiger partial charge in [-0.1, -0.05) is 12.1 Å². The Bertz CT molecular complexity index is 339. The second-order valence-electron chi connectivity index (χ2n) is 4.98. The normalized spacial score (nSPS) is 18.3. The van der Waals surface area contributed by atoms with E-state index in [0.29, 0.717) is 12.6 Å². The number of nitrogens with zero attached hydrogens (tertiary/aromatic N) is 2. The van der Waals surface area contributed by atoms with Crippen LogP contribution >= 0.6 is 0 Å². The van der Waals surface area contributed by atoms with E-state index in [0.717, 1.165) is 0 Å². The molecule has 3 heteroatoms. The molecule has 0 radical (unpaired) electrons. The van der Waals surface area contributed by atoms with Gasteiger partial charge in [-0.3, -0.25) is 4.90 Å². The molecule has 1 fully saturated rings. The van der Waals surface area contributed by atoms with Crippen molar-refractivity contribution in [2.75, 3.05) is 38.6 Å². The van der Waals surface area contributed by atoms with E-state index in [1.165, 1.54) is 37.2 Å². The highest BCUT2D eigenvalue weighted by Gasteiger charge is 2.21. The fourth-order valence-electron chi connectivity index (χ4n) is 2.54. The lowest BCUT2D eigenvalue weighted by Crippen LogP contribution is -2.31. The largest absolute Gasteiger partial charge is 0.378 e. The SMILES string of the molecule is CN(C)c1ccc([C@@H](CN)N2CCCC2)cc1. The molecule has 2 N–H and O–H groups in total. The molecule has 0 aromatic heterocycles. The van der Waals surface area contributed by atoms with Crippen LogP contribution in [0, 0.1) is 0 Å². The zero-order chi connectivity index (χ0) is 12.3. The second-order valence-corrected chi connectivity index (χ2v) is 4.98. The predicted molar refractivity (Wildman–Crippen MR) is 73.4 cm³/mol.